The molecule has 0 atom stereocenters. The number of rotatable bonds is 7. The highest BCUT2D eigenvalue weighted by molar-refractivity contribution is 5.86. The second-order valence-corrected chi connectivity index (χ2v) is 4.76. The Balaban J connectivity index is 2.24. The quantitative estimate of drug-likeness (QED) is 0.494. The van der Waals surface area contributed by atoms with E-state index >= 15 is 0 Å². The molecule has 0 aromatic carbocycles. The molecule has 92 valence electrons. The van der Waals surface area contributed by atoms with Crippen LogP contribution < -0.4 is 0 Å². The molecule has 1 aliphatic rings. The van der Waals surface area contributed by atoms with Gasteiger partial charge in [-0.2, -0.15) is 0 Å². The van der Waals surface area contributed by atoms with Crippen LogP contribution in [0.1, 0.15) is 39.5 Å². The third kappa shape index (κ3) is 3.63. The van der Waals surface area contributed by atoms with Gasteiger partial charge in [0.15, 0.2) is 0 Å². The first-order chi connectivity index (χ1) is 7.59. The molecule has 0 bridgehead atoms. The predicted molar refractivity (Wildman–Crippen MR) is 63.2 cm³/mol. The van der Waals surface area contributed by atoms with Crippen molar-refractivity contribution in [1.82, 2.24) is 0 Å². The van der Waals surface area contributed by atoms with Crippen molar-refractivity contribution in [3.8, 4) is 0 Å². The molecule has 0 unspecified atom stereocenters. The summed E-state index contributed by atoms with van der Waals surface area (Å²) in [5, 5.41) is 0. The number of hydrogen-bond acceptors (Lipinski definition) is 3. The SMILES string of the molecule is C=C(C)C(=O)OCCC1(CCCC)COC1. The average molecular weight is 226 g/mol. The van der Waals surface area contributed by atoms with E-state index in [9.17, 15) is 4.79 Å². The Morgan fingerprint density at radius 1 is 1.44 bits per heavy atom. The lowest BCUT2D eigenvalue weighted by atomic mass is 9.78. The Morgan fingerprint density at radius 2 is 2.12 bits per heavy atom. The largest absolute Gasteiger partial charge is 0.462 e. The van der Waals surface area contributed by atoms with Crippen LogP contribution in [0.2, 0.25) is 0 Å². The van der Waals surface area contributed by atoms with E-state index < -0.39 is 0 Å². The average Bonchev–Trinajstić information content (AvgIpc) is 2.20. The van der Waals surface area contributed by atoms with Gasteiger partial charge in [0.25, 0.3) is 0 Å². The van der Waals surface area contributed by atoms with Crippen molar-refractivity contribution in [2.45, 2.75) is 39.5 Å². The van der Waals surface area contributed by atoms with Gasteiger partial charge in [0.05, 0.1) is 19.8 Å². The summed E-state index contributed by atoms with van der Waals surface area (Å²) >= 11 is 0. The number of carbonyl (C=O) groups is 1. The molecule has 0 saturated carbocycles. The van der Waals surface area contributed by atoms with Crippen LogP contribution in [0.25, 0.3) is 0 Å². The molecule has 1 fully saturated rings. The topological polar surface area (TPSA) is 35.5 Å². The van der Waals surface area contributed by atoms with E-state index in [-0.39, 0.29) is 11.4 Å². The fourth-order valence-electron chi connectivity index (χ4n) is 1.84. The Bertz CT molecular complexity index is 254. The lowest BCUT2D eigenvalue weighted by Crippen LogP contribution is -2.43. The van der Waals surface area contributed by atoms with Gasteiger partial charge in [0.2, 0.25) is 0 Å². The van der Waals surface area contributed by atoms with Gasteiger partial charge in [-0.1, -0.05) is 26.3 Å². The zero-order valence-corrected chi connectivity index (χ0v) is 10.4. The van der Waals surface area contributed by atoms with E-state index in [1.807, 2.05) is 0 Å². The van der Waals surface area contributed by atoms with E-state index in [1.165, 1.54) is 19.3 Å². The van der Waals surface area contributed by atoms with E-state index in [4.69, 9.17) is 9.47 Å². The maximum atomic E-state index is 11.2. The van der Waals surface area contributed by atoms with Crippen molar-refractivity contribution in [3.63, 3.8) is 0 Å². The minimum atomic E-state index is -0.286. The van der Waals surface area contributed by atoms with Gasteiger partial charge in [-0.15, -0.1) is 0 Å². The molecule has 0 N–H and O–H groups in total. The van der Waals surface area contributed by atoms with Crippen LogP contribution >= 0.6 is 0 Å². The maximum absolute atomic E-state index is 11.2. The highest BCUT2D eigenvalue weighted by Gasteiger charge is 2.37. The molecular weight excluding hydrogens is 204 g/mol. The molecule has 0 spiro atoms. The number of carbonyl (C=O) groups excluding carboxylic acids is 1. The van der Waals surface area contributed by atoms with Crippen LogP contribution in [0.15, 0.2) is 12.2 Å². The first-order valence-electron chi connectivity index (χ1n) is 6.00. The smallest absolute Gasteiger partial charge is 0.333 e. The molecule has 0 aromatic rings. The lowest BCUT2D eigenvalue weighted by molar-refractivity contribution is -0.149. The van der Waals surface area contributed by atoms with Crippen LogP contribution in [-0.2, 0) is 14.3 Å². The molecule has 3 nitrogen and oxygen atoms in total. The Labute approximate surface area is 97.8 Å². The standard InChI is InChI=1S/C13H22O3/c1-4-5-6-13(9-15-10-13)7-8-16-12(14)11(2)3/h2,4-10H2,1,3H3. The molecular formula is C13H22O3. The van der Waals surface area contributed by atoms with Crippen LogP contribution in [0.4, 0.5) is 0 Å². The number of hydrogen-bond donors (Lipinski definition) is 0. The predicted octanol–water partition coefficient (Wildman–Crippen LogP) is 2.70. The van der Waals surface area contributed by atoms with Gasteiger partial charge in [-0.3, -0.25) is 0 Å². The van der Waals surface area contributed by atoms with Crippen molar-refractivity contribution in [3.05, 3.63) is 12.2 Å². The Kier molecular flexibility index (Phi) is 5.00. The second-order valence-electron chi connectivity index (χ2n) is 4.76. The van der Waals surface area contributed by atoms with E-state index in [1.54, 1.807) is 6.92 Å². The monoisotopic (exact) mass is 226 g/mol. The molecule has 0 amide bonds. The molecule has 16 heavy (non-hydrogen) atoms. The lowest BCUT2D eigenvalue weighted by Gasteiger charge is -2.41. The number of ether oxygens (including phenoxy) is 2. The minimum Gasteiger partial charge on any atom is -0.462 e. The van der Waals surface area contributed by atoms with Crippen LogP contribution in [-0.4, -0.2) is 25.8 Å². The second kappa shape index (κ2) is 6.04. The van der Waals surface area contributed by atoms with Gasteiger partial charge >= 0.3 is 5.97 Å². The highest BCUT2D eigenvalue weighted by Crippen LogP contribution is 2.36. The fraction of sp³-hybridized carbons (Fsp3) is 0.769. The third-order valence-electron chi connectivity index (χ3n) is 3.09. The van der Waals surface area contributed by atoms with Crippen molar-refractivity contribution in [2.24, 2.45) is 5.41 Å². The normalized spacial score (nSPS) is 17.6. The van der Waals surface area contributed by atoms with Gasteiger partial charge in [0.1, 0.15) is 0 Å². The summed E-state index contributed by atoms with van der Waals surface area (Å²) in [7, 11) is 0. The number of esters is 1. The van der Waals surface area contributed by atoms with Crippen LogP contribution in [0.5, 0.6) is 0 Å². The summed E-state index contributed by atoms with van der Waals surface area (Å²) in [6.45, 7) is 9.53. The van der Waals surface area contributed by atoms with Gasteiger partial charge in [-0.05, 0) is 19.8 Å². The Hall–Kier alpha value is -0.830. The van der Waals surface area contributed by atoms with Crippen molar-refractivity contribution in [1.29, 1.82) is 0 Å². The van der Waals surface area contributed by atoms with Gasteiger partial charge < -0.3 is 9.47 Å². The zero-order chi connectivity index (χ0) is 12.0. The summed E-state index contributed by atoms with van der Waals surface area (Å²) in [4.78, 5) is 11.2. The van der Waals surface area contributed by atoms with Gasteiger partial charge in [0, 0.05) is 11.0 Å². The maximum Gasteiger partial charge on any atom is 0.333 e. The van der Waals surface area contributed by atoms with Crippen molar-refractivity contribution < 1.29 is 14.3 Å². The highest BCUT2D eigenvalue weighted by atomic mass is 16.5. The third-order valence-corrected chi connectivity index (χ3v) is 3.09. The minimum absolute atomic E-state index is 0.269. The van der Waals surface area contributed by atoms with Gasteiger partial charge in [-0.25, -0.2) is 4.79 Å². The first-order valence-corrected chi connectivity index (χ1v) is 6.00. The van der Waals surface area contributed by atoms with Crippen molar-refractivity contribution >= 4 is 5.97 Å². The zero-order valence-electron chi connectivity index (χ0n) is 10.4. The summed E-state index contributed by atoms with van der Waals surface area (Å²) in [5.41, 5.74) is 0.734. The molecule has 1 rings (SSSR count). The molecule has 0 radical (unpaired) electrons. The van der Waals surface area contributed by atoms with E-state index in [0.717, 1.165) is 19.6 Å². The summed E-state index contributed by atoms with van der Waals surface area (Å²) in [6.07, 6.45) is 4.51. The molecule has 3 heteroatoms. The summed E-state index contributed by atoms with van der Waals surface area (Å²) < 4.78 is 10.4. The summed E-state index contributed by atoms with van der Waals surface area (Å²) in [5.74, 6) is -0.286. The molecule has 0 aliphatic carbocycles. The molecule has 1 saturated heterocycles. The van der Waals surface area contributed by atoms with Crippen molar-refractivity contribution in [2.75, 3.05) is 19.8 Å². The van der Waals surface area contributed by atoms with E-state index in [0.29, 0.717) is 12.2 Å². The van der Waals surface area contributed by atoms with Crippen LogP contribution in [0.3, 0.4) is 0 Å². The summed E-state index contributed by atoms with van der Waals surface area (Å²) in [6, 6.07) is 0. The molecule has 1 aliphatic heterocycles. The fourth-order valence-corrected chi connectivity index (χ4v) is 1.84. The molecule has 1 heterocycles. The first kappa shape index (κ1) is 13.2. The Morgan fingerprint density at radius 3 is 2.56 bits per heavy atom. The number of unbranched alkanes of at least 4 members (excludes halogenated alkanes) is 1. The molecule has 0 aromatic heterocycles. The van der Waals surface area contributed by atoms with Crippen LogP contribution in [0, 0.1) is 5.41 Å². The van der Waals surface area contributed by atoms with E-state index in [2.05, 4.69) is 13.5 Å².